The Labute approximate surface area is 121 Å². The highest BCUT2D eigenvalue weighted by molar-refractivity contribution is 8.23. The molecule has 1 nitrogen and oxygen atoms in total. The third-order valence-corrected chi connectivity index (χ3v) is 4.07. The molecule has 0 aliphatic heterocycles. The van der Waals surface area contributed by atoms with Crippen molar-refractivity contribution in [2.24, 2.45) is 5.73 Å². The van der Waals surface area contributed by atoms with Crippen molar-refractivity contribution in [2.75, 3.05) is 0 Å². The molecule has 0 amide bonds. The first kappa shape index (κ1) is 15.5. The molecule has 0 fully saturated rings. The predicted molar refractivity (Wildman–Crippen MR) is 86.3 cm³/mol. The molecule has 0 saturated heterocycles. The van der Waals surface area contributed by atoms with E-state index < -0.39 is 0 Å². The van der Waals surface area contributed by atoms with Crippen LogP contribution in [0.15, 0.2) is 23.1 Å². The second-order valence-electron chi connectivity index (χ2n) is 4.52. The van der Waals surface area contributed by atoms with E-state index in [-0.39, 0.29) is 0 Å². The molecule has 1 aromatic carbocycles. The van der Waals surface area contributed by atoms with Crippen molar-refractivity contribution in [3.8, 4) is 0 Å². The van der Waals surface area contributed by atoms with Gasteiger partial charge >= 0.3 is 0 Å². The number of aryl methyl sites for hydroxylation is 1. The summed E-state index contributed by atoms with van der Waals surface area (Å²) in [7, 11) is 0. The topological polar surface area (TPSA) is 26.0 Å². The molecule has 0 aliphatic rings. The SMILES string of the molecule is CCCCc1cccc(SC(N)=S)c1CCCC. The summed E-state index contributed by atoms with van der Waals surface area (Å²) in [5.74, 6) is 0. The third kappa shape index (κ3) is 4.99. The fourth-order valence-corrected chi connectivity index (χ4v) is 3.04. The molecule has 100 valence electrons. The first-order chi connectivity index (χ1) is 8.69. The largest absolute Gasteiger partial charge is 0.384 e. The minimum atomic E-state index is 0.514. The summed E-state index contributed by atoms with van der Waals surface area (Å²) in [4.78, 5) is 1.25. The molecule has 0 radical (unpaired) electrons. The number of unbranched alkanes of at least 4 members (excludes halogenated alkanes) is 2. The summed E-state index contributed by atoms with van der Waals surface area (Å²) in [6, 6.07) is 6.52. The third-order valence-electron chi connectivity index (χ3n) is 3.02. The molecule has 3 heteroatoms. The summed E-state index contributed by atoms with van der Waals surface area (Å²) < 4.78 is 0.514. The zero-order chi connectivity index (χ0) is 13.4. The minimum absolute atomic E-state index is 0.514. The van der Waals surface area contributed by atoms with Crippen LogP contribution in [0.3, 0.4) is 0 Å². The zero-order valence-corrected chi connectivity index (χ0v) is 13.0. The van der Waals surface area contributed by atoms with Crippen molar-refractivity contribution >= 4 is 28.3 Å². The van der Waals surface area contributed by atoms with E-state index in [4.69, 9.17) is 18.0 Å². The average molecular weight is 281 g/mol. The van der Waals surface area contributed by atoms with E-state index in [0.717, 1.165) is 6.42 Å². The maximum absolute atomic E-state index is 5.67. The van der Waals surface area contributed by atoms with Crippen LogP contribution in [-0.4, -0.2) is 4.32 Å². The molecule has 0 unspecified atom stereocenters. The number of thiocarbonyl (C=S) groups is 1. The highest BCUT2D eigenvalue weighted by atomic mass is 32.2. The molecule has 1 rings (SSSR count). The second-order valence-corrected chi connectivity index (χ2v) is 6.30. The van der Waals surface area contributed by atoms with Crippen LogP contribution in [0.25, 0.3) is 0 Å². The van der Waals surface area contributed by atoms with Crippen molar-refractivity contribution in [1.29, 1.82) is 0 Å². The van der Waals surface area contributed by atoms with Gasteiger partial charge in [-0.25, -0.2) is 0 Å². The summed E-state index contributed by atoms with van der Waals surface area (Å²) in [5, 5.41) is 0. The van der Waals surface area contributed by atoms with E-state index in [1.54, 1.807) is 0 Å². The monoisotopic (exact) mass is 281 g/mol. The summed E-state index contributed by atoms with van der Waals surface area (Å²) in [5.41, 5.74) is 8.61. The van der Waals surface area contributed by atoms with Gasteiger partial charge in [-0.3, -0.25) is 0 Å². The molecule has 0 atom stereocenters. The molecular weight excluding hydrogens is 258 g/mol. The van der Waals surface area contributed by atoms with Gasteiger partial charge in [0, 0.05) is 4.90 Å². The van der Waals surface area contributed by atoms with Gasteiger partial charge in [-0.2, -0.15) is 0 Å². The number of benzene rings is 1. The van der Waals surface area contributed by atoms with Crippen LogP contribution in [-0.2, 0) is 12.8 Å². The van der Waals surface area contributed by atoms with E-state index >= 15 is 0 Å². The Balaban J connectivity index is 2.95. The van der Waals surface area contributed by atoms with Crippen LogP contribution in [0.2, 0.25) is 0 Å². The van der Waals surface area contributed by atoms with Crippen LogP contribution in [0.1, 0.15) is 50.7 Å². The van der Waals surface area contributed by atoms with E-state index in [1.165, 1.54) is 59.9 Å². The molecular formula is C15H23NS2. The summed E-state index contributed by atoms with van der Waals surface area (Å²) >= 11 is 6.55. The first-order valence-electron chi connectivity index (χ1n) is 6.77. The van der Waals surface area contributed by atoms with Gasteiger partial charge in [0.25, 0.3) is 0 Å². The number of hydrogen-bond donors (Lipinski definition) is 1. The van der Waals surface area contributed by atoms with Gasteiger partial charge in [-0.05, 0) is 42.9 Å². The fraction of sp³-hybridized carbons (Fsp3) is 0.533. The van der Waals surface area contributed by atoms with Crippen LogP contribution >= 0.6 is 24.0 Å². The highest BCUT2D eigenvalue weighted by Crippen LogP contribution is 2.28. The lowest BCUT2D eigenvalue weighted by atomic mass is 9.98. The Kier molecular flexibility index (Phi) is 7.36. The Morgan fingerprint density at radius 3 is 2.44 bits per heavy atom. The van der Waals surface area contributed by atoms with Gasteiger partial charge in [0.05, 0.1) is 0 Å². The minimum Gasteiger partial charge on any atom is -0.384 e. The van der Waals surface area contributed by atoms with Gasteiger partial charge < -0.3 is 5.73 Å². The summed E-state index contributed by atoms with van der Waals surface area (Å²) in [6.07, 6.45) is 7.25. The van der Waals surface area contributed by atoms with Gasteiger partial charge in [0.1, 0.15) is 4.32 Å². The first-order valence-corrected chi connectivity index (χ1v) is 7.99. The van der Waals surface area contributed by atoms with Crippen LogP contribution < -0.4 is 5.73 Å². The molecule has 1 aromatic rings. The number of hydrogen-bond acceptors (Lipinski definition) is 2. The lowest BCUT2D eigenvalue weighted by Gasteiger charge is -2.13. The number of rotatable bonds is 7. The van der Waals surface area contributed by atoms with Crippen molar-refractivity contribution < 1.29 is 0 Å². The maximum Gasteiger partial charge on any atom is 0.136 e. The van der Waals surface area contributed by atoms with Crippen molar-refractivity contribution in [3.05, 3.63) is 29.3 Å². The van der Waals surface area contributed by atoms with Crippen molar-refractivity contribution in [1.82, 2.24) is 0 Å². The Morgan fingerprint density at radius 2 is 1.83 bits per heavy atom. The lowest BCUT2D eigenvalue weighted by molar-refractivity contribution is 0.749. The molecule has 0 aliphatic carbocycles. The van der Waals surface area contributed by atoms with Crippen molar-refractivity contribution in [2.45, 2.75) is 57.3 Å². The Bertz CT molecular complexity index is 388. The normalized spacial score (nSPS) is 10.6. The molecule has 0 heterocycles. The molecule has 0 spiro atoms. The Morgan fingerprint density at radius 1 is 1.17 bits per heavy atom. The number of thioether (sulfide) groups is 1. The molecule has 0 bridgehead atoms. The average Bonchev–Trinajstić information content (AvgIpc) is 2.34. The van der Waals surface area contributed by atoms with Gasteiger partial charge in [-0.15, -0.1) is 0 Å². The zero-order valence-electron chi connectivity index (χ0n) is 11.4. The van der Waals surface area contributed by atoms with Gasteiger partial charge in [0.15, 0.2) is 0 Å². The second kappa shape index (κ2) is 8.54. The van der Waals surface area contributed by atoms with Gasteiger partial charge in [0.2, 0.25) is 0 Å². The fourth-order valence-electron chi connectivity index (χ4n) is 2.05. The standard InChI is InChI=1S/C15H23NS2/c1-3-5-8-12-9-7-11-14(18-15(16)17)13(12)10-6-4-2/h7,9,11H,3-6,8,10H2,1-2H3,(H2,16,17). The van der Waals surface area contributed by atoms with E-state index in [9.17, 15) is 0 Å². The Hall–Kier alpha value is -0.540. The van der Waals surface area contributed by atoms with E-state index in [2.05, 4.69) is 32.0 Å². The summed E-state index contributed by atoms with van der Waals surface area (Å²) in [6.45, 7) is 4.47. The molecule has 2 N–H and O–H groups in total. The van der Waals surface area contributed by atoms with E-state index in [1.807, 2.05) is 0 Å². The predicted octanol–water partition coefficient (Wildman–Crippen LogP) is 4.71. The van der Waals surface area contributed by atoms with Crippen molar-refractivity contribution in [3.63, 3.8) is 0 Å². The quantitative estimate of drug-likeness (QED) is 0.579. The van der Waals surface area contributed by atoms with Crippen LogP contribution in [0.4, 0.5) is 0 Å². The number of nitrogens with two attached hydrogens (primary N) is 1. The molecule has 0 saturated carbocycles. The highest BCUT2D eigenvalue weighted by Gasteiger charge is 2.09. The lowest BCUT2D eigenvalue weighted by Crippen LogP contribution is -2.04. The van der Waals surface area contributed by atoms with E-state index in [0.29, 0.717) is 4.32 Å². The van der Waals surface area contributed by atoms with Crippen LogP contribution in [0.5, 0.6) is 0 Å². The van der Waals surface area contributed by atoms with Gasteiger partial charge in [-0.1, -0.05) is 62.8 Å². The maximum atomic E-state index is 5.67. The smallest absolute Gasteiger partial charge is 0.136 e. The van der Waals surface area contributed by atoms with Crippen LogP contribution in [0, 0.1) is 0 Å². The molecule has 18 heavy (non-hydrogen) atoms. The molecule has 0 aromatic heterocycles.